The molecule has 7 rings (SSSR count). The summed E-state index contributed by atoms with van der Waals surface area (Å²) in [6.45, 7) is 2.52. The van der Waals surface area contributed by atoms with Crippen LogP contribution in [0.4, 0.5) is 5.69 Å². The number of rotatable bonds is 6. The summed E-state index contributed by atoms with van der Waals surface area (Å²) in [6.07, 6.45) is 20.2. The second-order valence-electron chi connectivity index (χ2n) is 10.6. The van der Waals surface area contributed by atoms with E-state index in [2.05, 4.69) is 0 Å². The normalized spacial score (nSPS) is 21.1. The molecular formula is C36H32FeN2O4. The predicted molar refractivity (Wildman–Crippen MR) is 162 cm³/mol. The van der Waals surface area contributed by atoms with Crippen LogP contribution in [0.2, 0.25) is 0 Å². The smallest absolute Gasteiger partial charge is 0.355 e. The van der Waals surface area contributed by atoms with Crippen molar-refractivity contribution in [1.82, 2.24) is 4.57 Å². The molecule has 218 valence electrons. The fourth-order valence-corrected chi connectivity index (χ4v) is 6.35. The second-order valence-corrected chi connectivity index (χ2v) is 10.6. The molecule has 0 N–H and O–H groups in total. The molecule has 3 atom stereocenters. The van der Waals surface area contributed by atoms with Crippen LogP contribution in [0.1, 0.15) is 40.0 Å². The first-order valence-electron chi connectivity index (χ1n) is 14.3. The Kier molecular flexibility index (Phi) is 9.44. The number of allylic oxidation sites excluding steroid dienone is 8. The van der Waals surface area contributed by atoms with Crippen molar-refractivity contribution in [1.29, 1.82) is 0 Å². The molecule has 2 amide bonds. The fourth-order valence-electron chi connectivity index (χ4n) is 6.35. The Morgan fingerprint density at radius 3 is 2.19 bits per heavy atom. The van der Waals surface area contributed by atoms with Crippen LogP contribution < -0.4 is 4.90 Å². The van der Waals surface area contributed by atoms with Gasteiger partial charge < -0.3 is 9.30 Å². The van der Waals surface area contributed by atoms with Crippen molar-refractivity contribution in [3.8, 4) is 0 Å². The van der Waals surface area contributed by atoms with E-state index in [0.717, 1.165) is 22.3 Å². The number of hydrogen-bond acceptors (Lipinski definition) is 4. The number of benzene rings is 2. The van der Waals surface area contributed by atoms with E-state index in [1.807, 2.05) is 115 Å². The molecule has 1 saturated heterocycles. The molecule has 4 aliphatic rings. The number of nitrogens with zero attached hydrogens (tertiary/aromatic N) is 2. The molecule has 2 aromatic carbocycles. The van der Waals surface area contributed by atoms with Crippen LogP contribution in [0.25, 0.3) is 0 Å². The monoisotopic (exact) mass is 612 g/mol. The van der Waals surface area contributed by atoms with Crippen molar-refractivity contribution < 1.29 is 36.2 Å². The largest absolute Gasteiger partial charge is 0.461 e. The molecule has 1 fully saturated rings. The molecular weight excluding hydrogens is 580 g/mol. The van der Waals surface area contributed by atoms with Gasteiger partial charge in [-0.1, -0.05) is 91.1 Å². The molecule has 0 saturated carbocycles. The number of carbonyl (C=O) groups is 3. The molecule has 43 heavy (non-hydrogen) atoms. The Hall–Kier alpha value is -4.19. The Bertz CT molecular complexity index is 1610. The third kappa shape index (κ3) is 5.88. The minimum Gasteiger partial charge on any atom is -0.461 e. The second kappa shape index (κ2) is 13.4. The summed E-state index contributed by atoms with van der Waals surface area (Å²) < 4.78 is 7.45. The molecule has 7 heteroatoms. The summed E-state index contributed by atoms with van der Waals surface area (Å²) in [5.74, 6) is -2.33. The van der Waals surface area contributed by atoms with Crippen molar-refractivity contribution >= 4 is 23.5 Å². The van der Waals surface area contributed by atoms with Crippen molar-refractivity contribution in [3.63, 3.8) is 0 Å². The Labute approximate surface area is 262 Å². The van der Waals surface area contributed by atoms with E-state index in [0.29, 0.717) is 24.3 Å². The summed E-state index contributed by atoms with van der Waals surface area (Å²) >= 11 is 0. The number of imide groups is 1. The van der Waals surface area contributed by atoms with Gasteiger partial charge in [-0.05, 0) is 47.7 Å². The van der Waals surface area contributed by atoms with Gasteiger partial charge in [-0.3, -0.25) is 14.5 Å². The first kappa shape index (κ1) is 30.3. The number of para-hydroxylation sites is 1. The molecule has 1 aromatic heterocycles. The van der Waals surface area contributed by atoms with Crippen molar-refractivity contribution in [2.45, 2.75) is 25.8 Å². The van der Waals surface area contributed by atoms with Crippen LogP contribution >= 0.6 is 0 Å². The first-order chi connectivity index (χ1) is 20.6. The zero-order valence-electron chi connectivity index (χ0n) is 23.8. The van der Waals surface area contributed by atoms with Gasteiger partial charge in [0.1, 0.15) is 5.69 Å². The van der Waals surface area contributed by atoms with Crippen molar-refractivity contribution in [2.24, 2.45) is 11.8 Å². The maximum absolute atomic E-state index is 14.0. The molecule has 2 radical (unpaired) electrons. The number of hydrogen-bond donors (Lipinski definition) is 0. The van der Waals surface area contributed by atoms with Crippen molar-refractivity contribution in [2.75, 3.05) is 11.5 Å². The van der Waals surface area contributed by atoms with Gasteiger partial charge in [-0.25, -0.2) is 4.79 Å². The molecule has 3 aliphatic carbocycles. The van der Waals surface area contributed by atoms with Gasteiger partial charge in [0.25, 0.3) is 0 Å². The van der Waals surface area contributed by atoms with Gasteiger partial charge in [-0.2, -0.15) is 0 Å². The fraction of sp³-hybridized carbons (Fsp3) is 0.194. The molecule has 0 unspecified atom stereocenters. The van der Waals surface area contributed by atoms with Gasteiger partial charge in [0, 0.05) is 48.6 Å². The molecule has 6 nitrogen and oxygen atoms in total. The van der Waals surface area contributed by atoms with Gasteiger partial charge in [0.15, 0.2) is 0 Å². The van der Waals surface area contributed by atoms with Gasteiger partial charge in [0.05, 0.1) is 24.1 Å². The van der Waals surface area contributed by atoms with E-state index >= 15 is 0 Å². The third-order valence-electron chi connectivity index (χ3n) is 8.07. The number of amides is 2. The van der Waals surface area contributed by atoms with E-state index in [-0.39, 0.29) is 35.5 Å². The van der Waals surface area contributed by atoms with Gasteiger partial charge in [-0.15, -0.1) is 0 Å². The summed E-state index contributed by atoms with van der Waals surface area (Å²) in [4.78, 5) is 42.4. The number of carbonyl (C=O) groups excluding carboxylic acids is 3. The Balaban J connectivity index is 0.000000559. The van der Waals surface area contributed by atoms with E-state index < -0.39 is 23.7 Å². The predicted octanol–water partition coefficient (Wildman–Crippen LogP) is 6.17. The van der Waals surface area contributed by atoms with Gasteiger partial charge >= 0.3 is 5.97 Å². The Morgan fingerprint density at radius 1 is 0.884 bits per heavy atom. The topological polar surface area (TPSA) is 68.6 Å². The van der Waals surface area contributed by atoms with Crippen LogP contribution in [-0.2, 0) is 44.4 Å². The minimum atomic E-state index is -0.594. The first-order valence-corrected chi connectivity index (χ1v) is 14.3. The average molecular weight is 613 g/mol. The summed E-state index contributed by atoms with van der Waals surface area (Å²) in [5, 5.41) is 0. The molecule has 0 spiro atoms. The van der Waals surface area contributed by atoms with Crippen LogP contribution in [0, 0.1) is 24.7 Å². The molecule has 0 bridgehead atoms. The SMILES string of the molecule is CCOC(=O)c1c2c(cn1Cc1ccccc1)C[C@H]1C(=O)N(c3ccccc3)C(=O)[C@H]1[C@H]2C1=C[CH]C=C1.[CH]1C=CC=C1.[Fe]. The zero-order chi connectivity index (χ0) is 29.1. The van der Waals surface area contributed by atoms with Crippen LogP contribution in [0.5, 0.6) is 0 Å². The number of esters is 1. The van der Waals surface area contributed by atoms with E-state index in [1.54, 1.807) is 19.1 Å². The van der Waals surface area contributed by atoms with Crippen LogP contribution in [0.15, 0.2) is 115 Å². The maximum Gasteiger partial charge on any atom is 0.355 e. The Morgan fingerprint density at radius 2 is 1.58 bits per heavy atom. The van der Waals surface area contributed by atoms with E-state index in [4.69, 9.17) is 4.74 Å². The minimum absolute atomic E-state index is 0. The number of aromatic nitrogens is 1. The molecule has 3 aromatic rings. The van der Waals surface area contributed by atoms with Crippen LogP contribution in [-0.4, -0.2) is 29.0 Å². The van der Waals surface area contributed by atoms with Crippen LogP contribution in [0.3, 0.4) is 0 Å². The summed E-state index contributed by atoms with van der Waals surface area (Å²) in [5.41, 5.74) is 4.74. The quantitative estimate of drug-likeness (QED) is 0.190. The standard InChI is InChI=1S/C31H27N2O4.C5H5.Fe/c1-2-37-31(36)28-26-22(19-32(28)18-20-11-5-3-6-12-20)17-24-27(25(26)21-13-9-10-14-21)30(35)33(29(24)34)23-15-7-4-8-16-23;1-2-4-5-3-1;/h3-16,19,24-25,27H,2,17-18H2,1H3;1-5H;/t24-,25+,27-;;/m1../s1. The maximum atomic E-state index is 14.0. The number of fused-ring (bicyclic) bond motifs is 2. The van der Waals surface area contributed by atoms with Crippen molar-refractivity contribution in [3.05, 3.63) is 150 Å². The third-order valence-corrected chi connectivity index (χ3v) is 8.07. The summed E-state index contributed by atoms with van der Waals surface area (Å²) in [6, 6.07) is 19.0. The molecule has 1 aliphatic heterocycles. The van der Waals surface area contributed by atoms with E-state index in [9.17, 15) is 14.4 Å². The van der Waals surface area contributed by atoms with Gasteiger partial charge in [0.2, 0.25) is 11.8 Å². The number of ether oxygens (including phenoxy) is 1. The zero-order valence-corrected chi connectivity index (χ0v) is 24.9. The van der Waals surface area contributed by atoms with E-state index in [1.165, 1.54) is 4.90 Å². The number of anilines is 1. The average Bonchev–Trinajstić information content (AvgIpc) is 3.83. The molecule has 2 heterocycles. The summed E-state index contributed by atoms with van der Waals surface area (Å²) in [7, 11) is 0.